The minimum Gasteiger partial charge on any atom is -0.333 e. The molecule has 1 aliphatic heterocycles. The fourth-order valence-corrected chi connectivity index (χ4v) is 10.5. The Bertz CT molecular complexity index is 3450. The highest BCUT2D eigenvalue weighted by molar-refractivity contribution is 6.10. The second kappa shape index (κ2) is 14.8. The Kier molecular flexibility index (Phi) is 8.69. The number of fused-ring (bicyclic) bond motifs is 9. The molecule has 7 aromatic carbocycles. The number of benzene rings is 7. The molecule has 3 heterocycles. The average molecular weight is 815 g/mol. The van der Waals surface area contributed by atoms with E-state index in [2.05, 4.69) is 190 Å². The summed E-state index contributed by atoms with van der Waals surface area (Å²) in [6.07, 6.45) is 12.6. The summed E-state index contributed by atoms with van der Waals surface area (Å²) in [6, 6.07) is 64.6. The zero-order chi connectivity index (χ0) is 42.1. The molecule has 3 N–H and O–H groups in total. The number of rotatable bonds is 7. The standard InChI is InChI=1S/C57H46N6/c1-57-37-41(40-29-32-52-46(35-40)45-24-12-15-27-51(45)63(52)60-56(39-19-7-3-8-20-39)59-55(58)38-17-5-2-6-18-38)30-34-54(57)62(53-28-16-13-25-48(53)57)43-31-33-50-47(36-43)44-23-11-14-26-49(44)61(50)42-21-9-4-10-22-42/h2-28,30-37,40,54-55H,29,58H2,1H3,(H,59,60). The van der Waals surface area contributed by atoms with Gasteiger partial charge in [-0.2, -0.15) is 0 Å². The van der Waals surface area contributed by atoms with Gasteiger partial charge in [-0.1, -0.05) is 164 Å². The molecule has 4 atom stereocenters. The van der Waals surface area contributed by atoms with Crippen molar-refractivity contribution in [3.63, 3.8) is 0 Å². The molecule has 0 saturated carbocycles. The lowest BCUT2D eigenvalue weighted by Crippen LogP contribution is -2.41. The van der Waals surface area contributed by atoms with Gasteiger partial charge in [0.25, 0.3) is 0 Å². The molecule has 2 aromatic heterocycles. The molecule has 0 saturated heterocycles. The summed E-state index contributed by atoms with van der Waals surface area (Å²) in [5, 5.41) is 6.08. The van der Waals surface area contributed by atoms with Crippen LogP contribution in [0.2, 0.25) is 0 Å². The zero-order valence-electron chi connectivity index (χ0n) is 35.0. The van der Waals surface area contributed by atoms with E-state index in [9.17, 15) is 0 Å². The summed E-state index contributed by atoms with van der Waals surface area (Å²) >= 11 is 0. The van der Waals surface area contributed by atoms with Crippen LogP contribution in [0.15, 0.2) is 211 Å². The number of anilines is 2. The second-order valence-electron chi connectivity index (χ2n) is 17.2. The van der Waals surface area contributed by atoms with Crippen molar-refractivity contribution in [1.29, 1.82) is 0 Å². The van der Waals surface area contributed by atoms with E-state index in [-0.39, 0.29) is 17.4 Å². The van der Waals surface area contributed by atoms with Gasteiger partial charge in [0.1, 0.15) is 12.0 Å². The van der Waals surface area contributed by atoms with E-state index in [1.165, 1.54) is 60.6 Å². The number of aromatic nitrogens is 2. The Balaban J connectivity index is 0.923. The average Bonchev–Trinajstić information content (AvgIpc) is 3.94. The number of hydrogen-bond acceptors (Lipinski definition) is 3. The maximum absolute atomic E-state index is 6.73. The Labute approximate surface area is 366 Å². The molecule has 3 aliphatic rings. The highest BCUT2D eigenvalue weighted by Crippen LogP contribution is 2.53. The van der Waals surface area contributed by atoms with Gasteiger partial charge in [-0.25, -0.2) is 4.99 Å². The Morgan fingerprint density at radius 2 is 1.35 bits per heavy atom. The van der Waals surface area contributed by atoms with Gasteiger partial charge in [0.2, 0.25) is 0 Å². The minimum atomic E-state index is -0.525. The summed E-state index contributed by atoms with van der Waals surface area (Å²) in [6.45, 7) is 2.43. The molecule has 0 spiro atoms. The molecule has 0 amide bonds. The predicted octanol–water partition coefficient (Wildman–Crippen LogP) is 10.9. The molecule has 4 unspecified atom stereocenters. The van der Waals surface area contributed by atoms with Crippen molar-refractivity contribution in [3.05, 3.63) is 233 Å². The van der Waals surface area contributed by atoms with E-state index in [1.54, 1.807) is 0 Å². The number of amidine groups is 1. The van der Waals surface area contributed by atoms with Crippen LogP contribution in [-0.4, -0.2) is 21.1 Å². The van der Waals surface area contributed by atoms with Crippen LogP contribution in [0.25, 0.3) is 50.5 Å². The van der Waals surface area contributed by atoms with E-state index in [1.807, 2.05) is 48.5 Å². The third kappa shape index (κ3) is 6.01. The molecule has 6 nitrogen and oxygen atoms in total. The van der Waals surface area contributed by atoms with Crippen molar-refractivity contribution in [1.82, 2.24) is 9.24 Å². The van der Waals surface area contributed by atoms with Crippen LogP contribution in [0.5, 0.6) is 0 Å². The van der Waals surface area contributed by atoms with Gasteiger partial charge in [0.15, 0.2) is 0 Å². The Morgan fingerprint density at radius 1 is 0.683 bits per heavy atom. The lowest BCUT2D eigenvalue weighted by atomic mass is 9.72. The lowest BCUT2D eigenvalue weighted by molar-refractivity contribution is 0.540. The smallest absolute Gasteiger partial charge is 0.149 e. The molecule has 9 aromatic rings. The van der Waals surface area contributed by atoms with Gasteiger partial charge < -0.3 is 15.2 Å². The van der Waals surface area contributed by atoms with Gasteiger partial charge in [-0.05, 0) is 78.6 Å². The van der Waals surface area contributed by atoms with Crippen molar-refractivity contribution in [2.24, 2.45) is 16.6 Å². The van der Waals surface area contributed by atoms with Crippen LogP contribution >= 0.6 is 0 Å². The van der Waals surface area contributed by atoms with E-state index >= 15 is 0 Å². The number of nitrogens with two attached hydrogens (primary N) is 1. The molecule has 6 heteroatoms. The summed E-state index contributed by atoms with van der Waals surface area (Å²) in [7, 11) is 0. The van der Waals surface area contributed by atoms with Crippen molar-refractivity contribution >= 4 is 62.1 Å². The van der Waals surface area contributed by atoms with Crippen molar-refractivity contribution < 1.29 is 0 Å². The maximum Gasteiger partial charge on any atom is 0.149 e. The van der Waals surface area contributed by atoms with Crippen LogP contribution in [0.4, 0.5) is 11.4 Å². The predicted molar refractivity (Wildman–Crippen MR) is 262 cm³/mol. The largest absolute Gasteiger partial charge is 0.333 e. The summed E-state index contributed by atoms with van der Waals surface area (Å²) in [4.78, 5) is 7.64. The van der Waals surface area contributed by atoms with E-state index in [0.717, 1.165) is 28.4 Å². The fraction of sp³-hybridized carbons (Fsp3) is 0.105. The lowest BCUT2D eigenvalue weighted by Gasteiger charge is -2.37. The van der Waals surface area contributed by atoms with Crippen LogP contribution in [0.1, 0.15) is 36.2 Å². The molecular weight excluding hydrogens is 769 g/mol. The maximum atomic E-state index is 6.73. The van der Waals surface area contributed by atoms with Gasteiger partial charge >= 0.3 is 0 Å². The fourth-order valence-electron chi connectivity index (χ4n) is 10.5. The number of nitrogens with zero attached hydrogens (tertiary/aromatic N) is 4. The van der Waals surface area contributed by atoms with Crippen LogP contribution in [0.3, 0.4) is 0 Å². The molecule has 63 heavy (non-hydrogen) atoms. The van der Waals surface area contributed by atoms with E-state index < -0.39 is 6.17 Å². The first-order chi connectivity index (χ1) is 31.0. The quantitative estimate of drug-likeness (QED) is 0.124. The first-order valence-corrected chi connectivity index (χ1v) is 21.9. The third-order valence-electron chi connectivity index (χ3n) is 13.5. The summed E-state index contributed by atoms with van der Waals surface area (Å²) in [5.74, 6) is 0.926. The molecular formula is C57H46N6. The van der Waals surface area contributed by atoms with Crippen molar-refractivity contribution in [2.45, 2.75) is 31.0 Å². The molecule has 0 radical (unpaired) electrons. The van der Waals surface area contributed by atoms with Gasteiger partial charge in [-0.3, -0.25) is 10.1 Å². The van der Waals surface area contributed by atoms with Crippen LogP contribution in [0, 0.1) is 5.92 Å². The number of para-hydroxylation sites is 4. The van der Waals surface area contributed by atoms with E-state index in [0.29, 0.717) is 5.84 Å². The first kappa shape index (κ1) is 37.1. The van der Waals surface area contributed by atoms with Crippen molar-refractivity contribution in [2.75, 3.05) is 10.3 Å². The number of aliphatic imine (C=N–C) groups is 1. The number of allylic oxidation sites excluding steroid dienone is 2. The molecule has 304 valence electrons. The van der Waals surface area contributed by atoms with Crippen LogP contribution < -0.4 is 26.6 Å². The number of nitrogens with one attached hydrogen (secondary N) is 1. The van der Waals surface area contributed by atoms with Crippen molar-refractivity contribution in [3.8, 4) is 5.69 Å². The topological polar surface area (TPSA) is 63.5 Å². The molecule has 2 aliphatic carbocycles. The van der Waals surface area contributed by atoms with Gasteiger partial charge in [0.05, 0.1) is 27.9 Å². The SMILES string of the molecule is CC12C=C(C3C=c4c(n(NC(=NC(N)c5ccccc5)c5ccccc5)c5ccccc45)=CC3)C=CC1N(c1ccc3c(c1)c1ccccc1n3-c1ccccc1)c1ccccc12. The van der Waals surface area contributed by atoms with Gasteiger partial charge in [-0.15, -0.1) is 0 Å². The van der Waals surface area contributed by atoms with Crippen LogP contribution in [-0.2, 0) is 5.41 Å². The minimum absolute atomic E-state index is 0.116. The summed E-state index contributed by atoms with van der Waals surface area (Å²) < 4.78 is 4.59. The zero-order valence-corrected chi connectivity index (χ0v) is 35.0. The third-order valence-corrected chi connectivity index (χ3v) is 13.5. The Morgan fingerprint density at radius 3 is 2.16 bits per heavy atom. The summed E-state index contributed by atoms with van der Waals surface area (Å²) in [5.41, 5.74) is 22.0. The number of hydrogen-bond donors (Lipinski definition) is 2. The molecule has 12 rings (SSSR count). The normalized spacial score (nSPS) is 19.6. The van der Waals surface area contributed by atoms with E-state index in [4.69, 9.17) is 10.7 Å². The highest BCUT2D eigenvalue weighted by Gasteiger charge is 2.47. The molecule has 0 bridgehead atoms. The monoisotopic (exact) mass is 814 g/mol. The van der Waals surface area contributed by atoms with Gasteiger partial charge in [0, 0.05) is 55.3 Å². The highest BCUT2D eigenvalue weighted by atomic mass is 15.4. The second-order valence-corrected chi connectivity index (χ2v) is 17.2. The first-order valence-electron chi connectivity index (χ1n) is 21.9. The Hall–Kier alpha value is -7.67. The molecule has 0 fully saturated rings.